The Bertz CT molecular complexity index is 1250. The van der Waals surface area contributed by atoms with Crippen LogP contribution in [0.25, 0.3) is 11.4 Å². The molecule has 0 radical (unpaired) electrons. The molecule has 2 aromatic carbocycles. The minimum Gasteiger partial charge on any atom is -0.339 e. The van der Waals surface area contributed by atoms with E-state index in [9.17, 15) is 22.0 Å². The van der Waals surface area contributed by atoms with E-state index >= 15 is 0 Å². The zero-order chi connectivity index (χ0) is 22.9. The van der Waals surface area contributed by atoms with Crippen molar-refractivity contribution in [3.8, 4) is 11.4 Å². The third-order valence-electron chi connectivity index (χ3n) is 5.31. The predicted octanol–water partition coefficient (Wildman–Crippen LogP) is 3.36. The summed E-state index contributed by atoms with van der Waals surface area (Å²) in [6, 6.07) is 9.52. The van der Waals surface area contributed by atoms with Crippen molar-refractivity contribution in [2.75, 3.05) is 18.4 Å². The first-order chi connectivity index (χ1) is 15.3. The summed E-state index contributed by atoms with van der Waals surface area (Å²) in [6.45, 7) is 1.84. The molecule has 1 aromatic heterocycles. The number of piperidine rings is 1. The quantitative estimate of drug-likeness (QED) is 0.623. The van der Waals surface area contributed by atoms with Crippen LogP contribution in [0.5, 0.6) is 0 Å². The maximum Gasteiger partial charge on any atom is 0.243 e. The molecule has 1 saturated heterocycles. The number of hydrogen-bond donors (Lipinski definition) is 1. The van der Waals surface area contributed by atoms with Crippen molar-refractivity contribution >= 4 is 21.6 Å². The molecule has 32 heavy (non-hydrogen) atoms. The smallest absolute Gasteiger partial charge is 0.243 e. The number of nitrogens with zero attached hydrogens (tertiary/aromatic N) is 3. The Morgan fingerprint density at radius 1 is 1.12 bits per heavy atom. The van der Waals surface area contributed by atoms with Gasteiger partial charge in [-0.1, -0.05) is 17.3 Å². The standard InChI is InChI=1S/C21H20F2N4O4S/c1-13-24-20(26-31-13)16-4-2-3-5-19(16)25-21(28)14-8-10-27(11-9-14)32(29,30)15-6-7-17(22)18(23)12-15/h2-7,12,14H,8-11H2,1H3,(H,25,28). The van der Waals surface area contributed by atoms with Crippen LogP contribution < -0.4 is 5.32 Å². The van der Waals surface area contributed by atoms with Crippen molar-refractivity contribution in [2.45, 2.75) is 24.7 Å². The molecule has 1 aliphatic heterocycles. The highest BCUT2D eigenvalue weighted by Crippen LogP contribution is 2.29. The van der Waals surface area contributed by atoms with Crippen LogP contribution in [-0.4, -0.2) is 41.9 Å². The Morgan fingerprint density at radius 3 is 2.50 bits per heavy atom. The molecule has 0 spiro atoms. The fourth-order valence-corrected chi connectivity index (χ4v) is 5.06. The topological polar surface area (TPSA) is 105 Å². The number of nitrogens with one attached hydrogen (secondary N) is 1. The molecule has 1 aliphatic rings. The molecule has 0 unspecified atom stereocenters. The molecular formula is C21H20F2N4O4S. The number of aromatic nitrogens is 2. The number of anilines is 1. The fourth-order valence-electron chi connectivity index (χ4n) is 3.58. The van der Waals surface area contributed by atoms with E-state index in [4.69, 9.17) is 4.52 Å². The van der Waals surface area contributed by atoms with Gasteiger partial charge in [0.05, 0.1) is 10.6 Å². The van der Waals surface area contributed by atoms with E-state index < -0.39 is 27.6 Å². The number of sulfonamides is 1. The van der Waals surface area contributed by atoms with E-state index in [-0.39, 0.29) is 36.7 Å². The lowest BCUT2D eigenvalue weighted by molar-refractivity contribution is -0.120. The average Bonchev–Trinajstić information content (AvgIpc) is 3.22. The van der Waals surface area contributed by atoms with Crippen LogP contribution in [0.1, 0.15) is 18.7 Å². The first kappa shape index (κ1) is 22.0. The molecule has 8 nitrogen and oxygen atoms in total. The zero-order valence-electron chi connectivity index (χ0n) is 17.1. The molecule has 0 atom stereocenters. The number of hydrogen-bond acceptors (Lipinski definition) is 6. The Labute approximate surface area is 183 Å². The second-order valence-electron chi connectivity index (χ2n) is 7.43. The van der Waals surface area contributed by atoms with Crippen molar-refractivity contribution in [2.24, 2.45) is 5.92 Å². The maximum atomic E-state index is 13.5. The van der Waals surface area contributed by atoms with Gasteiger partial charge in [0.2, 0.25) is 27.6 Å². The number of benzene rings is 2. The van der Waals surface area contributed by atoms with Crippen molar-refractivity contribution in [3.63, 3.8) is 0 Å². The summed E-state index contributed by atoms with van der Waals surface area (Å²) in [6.07, 6.45) is 0.580. The molecule has 0 saturated carbocycles. The minimum absolute atomic E-state index is 0.0884. The monoisotopic (exact) mass is 462 g/mol. The van der Waals surface area contributed by atoms with Gasteiger partial charge in [-0.25, -0.2) is 17.2 Å². The molecule has 168 valence electrons. The van der Waals surface area contributed by atoms with Crippen molar-refractivity contribution in [3.05, 3.63) is 60.0 Å². The molecule has 1 N–H and O–H groups in total. The van der Waals surface area contributed by atoms with Crippen LogP contribution in [0.15, 0.2) is 51.9 Å². The maximum absolute atomic E-state index is 13.5. The molecule has 0 bridgehead atoms. The first-order valence-corrected chi connectivity index (χ1v) is 11.4. The number of carbonyl (C=O) groups is 1. The van der Waals surface area contributed by atoms with Gasteiger partial charge in [-0.05, 0) is 43.2 Å². The van der Waals surface area contributed by atoms with Gasteiger partial charge in [-0.3, -0.25) is 4.79 Å². The lowest BCUT2D eigenvalue weighted by Gasteiger charge is -2.30. The third kappa shape index (κ3) is 4.39. The van der Waals surface area contributed by atoms with Crippen LogP contribution >= 0.6 is 0 Å². The molecular weight excluding hydrogens is 442 g/mol. The molecule has 1 amide bonds. The Balaban J connectivity index is 1.43. The van der Waals surface area contributed by atoms with Gasteiger partial charge in [-0.2, -0.15) is 9.29 Å². The third-order valence-corrected chi connectivity index (χ3v) is 7.20. The van der Waals surface area contributed by atoms with Crippen LogP contribution in [0.2, 0.25) is 0 Å². The number of para-hydroxylation sites is 1. The van der Waals surface area contributed by atoms with E-state index in [0.29, 0.717) is 29.0 Å². The van der Waals surface area contributed by atoms with Gasteiger partial charge >= 0.3 is 0 Å². The van der Waals surface area contributed by atoms with Gasteiger partial charge in [-0.15, -0.1) is 0 Å². The van der Waals surface area contributed by atoms with Crippen LogP contribution in [-0.2, 0) is 14.8 Å². The summed E-state index contributed by atoms with van der Waals surface area (Å²) in [5, 5.41) is 6.75. The largest absolute Gasteiger partial charge is 0.339 e. The molecule has 11 heteroatoms. The Kier molecular flexibility index (Phi) is 6.02. The zero-order valence-corrected chi connectivity index (χ0v) is 17.9. The van der Waals surface area contributed by atoms with E-state index in [1.165, 1.54) is 4.31 Å². The average molecular weight is 462 g/mol. The second-order valence-corrected chi connectivity index (χ2v) is 9.36. The normalized spacial score (nSPS) is 15.6. The van der Waals surface area contributed by atoms with Crippen molar-refractivity contribution in [1.82, 2.24) is 14.4 Å². The Hall–Kier alpha value is -3.18. The number of halogens is 2. The van der Waals surface area contributed by atoms with Gasteiger partial charge in [0, 0.05) is 31.5 Å². The molecule has 2 heterocycles. The van der Waals surface area contributed by atoms with Crippen LogP contribution in [0, 0.1) is 24.5 Å². The van der Waals surface area contributed by atoms with Gasteiger partial charge < -0.3 is 9.84 Å². The molecule has 0 aliphatic carbocycles. The predicted molar refractivity (Wildman–Crippen MR) is 111 cm³/mol. The first-order valence-electron chi connectivity index (χ1n) is 9.91. The van der Waals surface area contributed by atoms with E-state index in [2.05, 4.69) is 15.5 Å². The van der Waals surface area contributed by atoms with Gasteiger partial charge in [0.25, 0.3) is 0 Å². The molecule has 1 fully saturated rings. The SMILES string of the molecule is Cc1nc(-c2ccccc2NC(=O)C2CCN(S(=O)(=O)c3ccc(F)c(F)c3)CC2)no1. The van der Waals surface area contributed by atoms with Gasteiger partial charge in [0.1, 0.15) is 0 Å². The van der Waals surface area contributed by atoms with Crippen molar-refractivity contribution < 1.29 is 26.5 Å². The summed E-state index contributed by atoms with van der Waals surface area (Å²) in [5.74, 6) is -2.25. The van der Waals surface area contributed by atoms with Crippen LogP contribution in [0.4, 0.5) is 14.5 Å². The van der Waals surface area contributed by atoms with Crippen LogP contribution in [0.3, 0.4) is 0 Å². The summed E-state index contributed by atoms with van der Waals surface area (Å²) in [7, 11) is -3.98. The Morgan fingerprint density at radius 2 is 1.84 bits per heavy atom. The summed E-state index contributed by atoms with van der Waals surface area (Å²) >= 11 is 0. The summed E-state index contributed by atoms with van der Waals surface area (Å²) in [5.41, 5.74) is 1.13. The van der Waals surface area contributed by atoms with Crippen molar-refractivity contribution in [1.29, 1.82) is 0 Å². The van der Waals surface area contributed by atoms with E-state index in [1.807, 2.05) is 0 Å². The number of rotatable bonds is 5. The minimum atomic E-state index is -3.98. The fraction of sp³-hybridized carbons (Fsp3) is 0.286. The highest BCUT2D eigenvalue weighted by molar-refractivity contribution is 7.89. The summed E-state index contributed by atoms with van der Waals surface area (Å²) in [4.78, 5) is 16.7. The van der Waals surface area contributed by atoms with E-state index in [0.717, 1.165) is 12.1 Å². The lowest BCUT2D eigenvalue weighted by atomic mass is 9.97. The highest BCUT2D eigenvalue weighted by Gasteiger charge is 2.32. The number of carbonyl (C=O) groups excluding carboxylic acids is 1. The number of amides is 1. The molecule has 4 rings (SSSR count). The van der Waals surface area contributed by atoms with Gasteiger partial charge in [0.15, 0.2) is 11.6 Å². The van der Waals surface area contributed by atoms with E-state index in [1.54, 1.807) is 31.2 Å². The number of aryl methyl sites for hydroxylation is 1. The second kappa shape index (κ2) is 8.75. The summed E-state index contributed by atoms with van der Waals surface area (Å²) < 4.78 is 58.3. The lowest BCUT2D eigenvalue weighted by Crippen LogP contribution is -2.41. The molecule has 3 aromatic rings. The highest BCUT2D eigenvalue weighted by atomic mass is 32.2.